The molecule has 0 aliphatic carbocycles. The zero-order chi connectivity index (χ0) is 14.3. The summed E-state index contributed by atoms with van der Waals surface area (Å²) in [5.41, 5.74) is 8.80. The van der Waals surface area contributed by atoms with Crippen molar-refractivity contribution in [2.75, 3.05) is 5.73 Å². The Morgan fingerprint density at radius 1 is 1.50 bits per heavy atom. The van der Waals surface area contributed by atoms with Crippen molar-refractivity contribution < 1.29 is 4.74 Å². The highest BCUT2D eigenvalue weighted by Crippen LogP contribution is 2.43. The molecular weight excluding hydrogens is 250 g/mol. The highest BCUT2D eigenvalue weighted by molar-refractivity contribution is 5.77. The average molecular weight is 267 g/mol. The molecule has 2 heterocycles. The molecule has 0 fully saturated rings. The summed E-state index contributed by atoms with van der Waals surface area (Å²) >= 11 is 0. The minimum absolute atomic E-state index is 0.186. The van der Waals surface area contributed by atoms with Crippen molar-refractivity contribution in [3.05, 3.63) is 30.1 Å². The fourth-order valence-electron chi connectivity index (χ4n) is 2.63. The van der Waals surface area contributed by atoms with Crippen LogP contribution in [0.3, 0.4) is 0 Å². The third-order valence-corrected chi connectivity index (χ3v) is 3.49. The minimum Gasteiger partial charge on any atom is -0.487 e. The van der Waals surface area contributed by atoms with Gasteiger partial charge in [0.05, 0.1) is 12.9 Å². The van der Waals surface area contributed by atoms with Crippen LogP contribution in [-0.4, -0.2) is 15.2 Å². The number of fused-ring (bicyclic) bond motifs is 1. The topological polar surface area (TPSA) is 53.1 Å². The number of nitrogens with zero attached hydrogens (tertiary/aromatic N) is 2. The molecule has 0 unspecified atom stereocenters. The Kier molecular flexibility index (Phi) is 2.72. The molecule has 1 aromatic carbocycles. The molecule has 102 valence electrons. The van der Waals surface area contributed by atoms with Crippen LogP contribution in [-0.2, 0) is 13.0 Å². The Balaban J connectivity index is 2.10. The van der Waals surface area contributed by atoms with Crippen LogP contribution in [0.4, 0.5) is 5.82 Å². The van der Waals surface area contributed by atoms with E-state index in [0.29, 0.717) is 12.4 Å². The summed E-state index contributed by atoms with van der Waals surface area (Å²) in [6, 6.07) is 6.08. The number of nitrogens with two attached hydrogens (primary N) is 1. The highest BCUT2D eigenvalue weighted by atomic mass is 16.5. The van der Waals surface area contributed by atoms with Crippen molar-refractivity contribution in [2.45, 2.75) is 32.4 Å². The molecule has 2 aromatic rings. The lowest BCUT2D eigenvalue weighted by Crippen LogP contribution is -2.24. The van der Waals surface area contributed by atoms with Crippen LogP contribution < -0.4 is 10.5 Å². The van der Waals surface area contributed by atoms with Crippen LogP contribution in [0.15, 0.2) is 24.5 Å². The van der Waals surface area contributed by atoms with Crippen molar-refractivity contribution >= 4 is 5.82 Å². The van der Waals surface area contributed by atoms with Gasteiger partial charge in [0.1, 0.15) is 22.9 Å². The molecule has 0 saturated heterocycles. The van der Waals surface area contributed by atoms with E-state index in [0.717, 1.165) is 23.4 Å². The summed E-state index contributed by atoms with van der Waals surface area (Å²) in [7, 11) is 0. The molecule has 1 aliphatic heterocycles. The molecule has 0 bridgehead atoms. The normalized spacial score (nSPS) is 15.4. The van der Waals surface area contributed by atoms with Gasteiger partial charge in [0.2, 0.25) is 0 Å². The Morgan fingerprint density at radius 2 is 2.30 bits per heavy atom. The van der Waals surface area contributed by atoms with Crippen molar-refractivity contribution in [3.63, 3.8) is 0 Å². The molecule has 0 atom stereocenters. The maximum absolute atomic E-state index is 6.13. The van der Waals surface area contributed by atoms with Gasteiger partial charge in [-0.2, -0.15) is 0 Å². The van der Waals surface area contributed by atoms with Gasteiger partial charge in [0, 0.05) is 12.0 Å². The zero-order valence-corrected chi connectivity index (χ0v) is 11.7. The van der Waals surface area contributed by atoms with Gasteiger partial charge in [-0.1, -0.05) is 18.1 Å². The van der Waals surface area contributed by atoms with Gasteiger partial charge in [-0.05, 0) is 25.5 Å². The molecule has 4 heteroatoms. The number of terminal acetylenes is 1. The third kappa shape index (κ3) is 1.92. The van der Waals surface area contributed by atoms with E-state index in [-0.39, 0.29) is 5.60 Å². The average Bonchev–Trinajstić information content (AvgIpc) is 2.89. The second-order valence-electron chi connectivity index (χ2n) is 5.64. The van der Waals surface area contributed by atoms with Gasteiger partial charge < -0.3 is 15.0 Å². The van der Waals surface area contributed by atoms with Crippen molar-refractivity contribution in [1.29, 1.82) is 0 Å². The zero-order valence-electron chi connectivity index (χ0n) is 11.7. The summed E-state index contributed by atoms with van der Waals surface area (Å²) in [4.78, 5) is 4.39. The van der Waals surface area contributed by atoms with Gasteiger partial charge in [-0.15, -0.1) is 6.42 Å². The van der Waals surface area contributed by atoms with Crippen LogP contribution in [0.25, 0.3) is 11.3 Å². The summed E-state index contributed by atoms with van der Waals surface area (Å²) in [6.45, 7) is 4.58. The molecule has 0 spiro atoms. The van der Waals surface area contributed by atoms with Crippen LogP contribution >= 0.6 is 0 Å². The number of benzene rings is 1. The van der Waals surface area contributed by atoms with Gasteiger partial charge in [-0.25, -0.2) is 4.98 Å². The van der Waals surface area contributed by atoms with E-state index in [9.17, 15) is 0 Å². The maximum Gasteiger partial charge on any atom is 0.133 e. The number of aromatic nitrogens is 2. The van der Waals surface area contributed by atoms with Crippen LogP contribution in [0.5, 0.6) is 5.75 Å². The van der Waals surface area contributed by atoms with Gasteiger partial charge >= 0.3 is 0 Å². The van der Waals surface area contributed by atoms with Crippen molar-refractivity contribution in [2.24, 2.45) is 0 Å². The van der Waals surface area contributed by atoms with Crippen LogP contribution in [0.2, 0.25) is 0 Å². The number of para-hydroxylation sites is 1. The number of anilines is 1. The van der Waals surface area contributed by atoms with E-state index in [2.05, 4.69) is 30.8 Å². The van der Waals surface area contributed by atoms with Gasteiger partial charge in [-0.3, -0.25) is 0 Å². The lowest BCUT2D eigenvalue weighted by atomic mass is 10.00. The largest absolute Gasteiger partial charge is 0.487 e. The number of ether oxygens (including phenoxy) is 1. The second-order valence-corrected chi connectivity index (χ2v) is 5.64. The quantitative estimate of drug-likeness (QED) is 0.850. The van der Waals surface area contributed by atoms with Gasteiger partial charge in [0.15, 0.2) is 0 Å². The molecular formula is C16H17N3O. The van der Waals surface area contributed by atoms with Crippen LogP contribution in [0, 0.1) is 12.3 Å². The number of imidazole rings is 1. The molecule has 2 N–H and O–H groups in total. The monoisotopic (exact) mass is 267 g/mol. The first-order valence-electron chi connectivity index (χ1n) is 6.57. The maximum atomic E-state index is 6.13. The Labute approximate surface area is 118 Å². The lowest BCUT2D eigenvalue weighted by molar-refractivity contribution is 0.139. The molecule has 0 amide bonds. The first kappa shape index (κ1) is 12.6. The standard InChI is InChI=1S/C16H17N3O/c1-4-8-19-10-18-13(15(19)17)12-7-5-6-11-9-16(2,3)20-14(11)12/h1,5-7,10H,8-9,17H2,2-3H3. The summed E-state index contributed by atoms with van der Waals surface area (Å²) < 4.78 is 7.82. The SMILES string of the molecule is C#CCn1cnc(-c2cccc3c2OC(C)(C)C3)c1N. The molecule has 1 aromatic heterocycles. The highest BCUT2D eigenvalue weighted by Gasteiger charge is 2.32. The van der Waals surface area contributed by atoms with E-state index in [1.807, 2.05) is 12.1 Å². The molecule has 20 heavy (non-hydrogen) atoms. The smallest absolute Gasteiger partial charge is 0.133 e. The number of hydrogen-bond donors (Lipinski definition) is 1. The molecule has 4 nitrogen and oxygen atoms in total. The molecule has 0 radical (unpaired) electrons. The fraction of sp³-hybridized carbons (Fsp3) is 0.312. The van der Waals surface area contributed by atoms with E-state index in [1.54, 1.807) is 10.9 Å². The van der Waals surface area contributed by atoms with E-state index < -0.39 is 0 Å². The lowest BCUT2D eigenvalue weighted by Gasteiger charge is -2.18. The number of rotatable bonds is 2. The minimum atomic E-state index is -0.186. The molecule has 3 rings (SSSR count). The predicted molar refractivity (Wildman–Crippen MR) is 79.3 cm³/mol. The molecule has 0 saturated carbocycles. The Bertz CT molecular complexity index is 707. The summed E-state index contributed by atoms with van der Waals surface area (Å²) in [5.74, 6) is 4.02. The van der Waals surface area contributed by atoms with E-state index >= 15 is 0 Å². The van der Waals surface area contributed by atoms with Gasteiger partial charge in [0.25, 0.3) is 0 Å². The van der Waals surface area contributed by atoms with E-state index in [1.165, 1.54) is 5.56 Å². The van der Waals surface area contributed by atoms with Crippen LogP contribution in [0.1, 0.15) is 19.4 Å². The fourth-order valence-corrected chi connectivity index (χ4v) is 2.63. The second kappa shape index (κ2) is 4.31. The number of nitrogen functional groups attached to an aromatic ring is 1. The van der Waals surface area contributed by atoms with E-state index in [4.69, 9.17) is 16.9 Å². The van der Waals surface area contributed by atoms with Crippen molar-refractivity contribution in [1.82, 2.24) is 9.55 Å². The summed E-state index contributed by atoms with van der Waals surface area (Å²) in [5, 5.41) is 0. The third-order valence-electron chi connectivity index (χ3n) is 3.49. The summed E-state index contributed by atoms with van der Waals surface area (Å²) in [6.07, 6.45) is 7.88. The molecule has 1 aliphatic rings. The first-order chi connectivity index (χ1) is 9.52. The van der Waals surface area contributed by atoms with Crippen molar-refractivity contribution in [3.8, 4) is 29.4 Å². The number of hydrogen-bond acceptors (Lipinski definition) is 3. The predicted octanol–water partition coefficient (Wildman–Crippen LogP) is 2.48. The Morgan fingerprint density at radius 3 is 3.05 bits per heavy atom. The Hall–Kier alpha value is -2.41. The first-order valence-corrected chi connectivity index (χ1v) is 6.57.